The van der Waals surface area contributed by atoms with E-state index in [4.69, 9.17) is 14.0 Å². The van der Waals surface area contributed by atoms with Crippen molar-refractivity contribution in [2.45, 2.75) is 0 Å². The molecule has 0 radical (unpaired) electrons. The van der Waals surface area contributed by atoms with Crippen molar-refractivity contribution in [1.82, 2.24) is 0 Å². The SMILES string of the molecule is OCl.OCl.OCl. The van der Waals surface area contributed by atoms with E-state index in [1.807, 2.05) is 0 Å². The van der Waals surface area contributed by atoms with Gasteiger partial charge in [-0.05, 0) is 0 Å². The second-order valence-electron chi connectivity index (χ2n) is 0. The molecule has 0 aromatic rings. The van der Waals surface area contributed by atoms with E-state index in [0.29, 0.717) is 0 Å². The van der Waals surface area contributed by atoms with Gasteiger partial charge in [0, 0.05) is 0 Å². The van der Waals surface area contributed by atoms with Crippen LogP contribution in [0.4, 0.5) is 0 Å². The third-order valence-electron chi connectivity index (χ3n) is 0. The maximum absolute atomic E-state index is 6.47. The maximum Gasteiger partial charge on any atom is 0.0579 e. The molecule has 0 bridgehead atoms. The molecule has 0 aromatic carbocycles. The quantitative estimate of drug-likeness (QED) is 0.477. The Kier molecular flexibility index (Phi) is 610. The first kappa shape index (κ1) is 15.9. The molecule has 0 aliphatic rings. The maximum atomic E-state index is 6.47. The van der Waals surface area contributed by atoms with Crippen molar-refractivity contribution in [2.75, 3.05) is 0 Å². The van der Waals surface area contributed by atoms with Crippen molar-refractivity contribution in [1.29, 1.82) is 0 Å². The fourth-order valence-electron chi connectivity index (χ4n) is 0. The third-order valence-corrected chi connectivity index (χ3v) is 0. The molecule has 0 unspecified atom stereocenters. The van der Waals surface area contributed by atoms with Gasteiger partial charge in [-0.15, -0.1) is 0 Å². The Morgan fingerprint density at radius 1 is 0.500 bits per heavy atom. The smallest absolute Gasteiger partial charge is 0.0579 e. The molecular weight excluding hydrogens is 154 g/mol. The second kappa shape index (κ2) is 231. The van der Waals surface area contributed by atoms with Gasteiger partial charge in [0.1, 0.15) is 0 Å². The summed E-state index contributed by atoms with van der Waals surface area (Å²) in [5.74, 6) is 0. The molecule has 6 heavy (non-hydrogen) atoms. The van der Waals surface area contributed by atoms with Gasteiger partial charge in [-0.1, -0.05) is 0 Å². The van der Waals surface area contributed by atoms with Crippen LogP contribution in [0.15, 0.2) is 0 Å². The van der Waals surface area contributed by atoms with Crippen molar-refractivity contribution in [3.8, 4) is 0 Å². The first-order valence-electron chi connectivity index (χ1n) is 0.507. The van der Waals surface area contributed by atoms with E-state index in [0.717, 1.165) is 0 Å². The topological polar surface area (TPSA) is 60.7 Å². The molecule has 3 N–H and O–H groups in total. The Balaban J connectivity index is -0.0000000225. The summed E-state index contributed by atoms with van der Waals surface area (Å²) < 4.78 is 19.4. The van der Waals surface area contributed by atoms with E-state index < -0.39 is 0 Å². The number of rotatable bonds is 0. The van der Waals surface area contributed by atoms with E-state index in [-0.39, 0.29) is 0 Å². The number of hydrogen-bond donors (Lipinski definition) is 3. The molecule has 0 aliphatic carbocycles. The van der Waals surface area contributed by atoms with Gasteiger partial charge in [-0.3, -0.25) is 14.0 Å². The molecule has 0 heterocycles. The van der Waals surface area contributed by atoms with Crippen molar-refractivity contribution in [3.05, 3.63) is 0 Å². The lowest BCUT2D eigenvalue weighted by atomic mass is 15.9. The molecule has 0 spiro atoms. The van der Waals surface area contributed by atoms with Crippen LogP contribution in [-0.4, -0.2) is 14.0 Å². The minimum Gasteiger partial charge on any atom is -0.295 e. The summed E-state index contributed by atoms with van der Waals surface area (Å²) in [6.07, 6.45) is 0. The highest BCUT2D eigenvalue weighted by molar-refractivity contribution is 6.05. The van der Waals surface area contributed by atoms with Crippen LogP contribution in [0.2, 0.25) is 0 Å². The number of halogens is 3. The van der Waals surface area contributed by atoms with Crippen LogP contribution in [0, 0.1) is 0 Å². The largest absolute Gasteiger partial charge is 0.295 e. The minimum atomic E-state index is 3.64. The summed E-state index contributed by atoms with van der Waals surface area (Å²) >= 11 is 10.9. The second-order valence-corrected chi connectivity index (χ2v) is 0. The Morgan fingerprint density at radius 3 is 0.500 bits per heavy atom. The fraction of sp³-hybridized carbons (Fsp3) is 0. The van der Waals surface area contributed by atoms with Crippen LogP contribution in [0.25, 0.3) is 0 Å². The van der Waals surface area contributed by atoms with Crippen LogP contribution in [-0.2, 0) is 0 Å². The van der Waals surface area contributed by atoms with Crippen LogP contribution >= 0.6 is 35.6 Å². The molecule has 0 rings (SSSR count). The Hall–Kier alpha value is 0.750. The lowest BCUT2D eigenvalue weighted by molar-refractivity contribution is 0.632. The Morgan fingerprint density at radius 2 is 0.500 bits per heavy atom. The third kappa shape index (κ3) is 119. The average Bonchev–Trinajstić information content (AvgIpc) is 1.81. The molecule has 0 saturated carbocycles. The van der Waals surface area contributed by atoms with Crippen molar-refractivity contribution in [2.24, 2.45) is 0 Å². The highest BCUT2D eigenvalue weighted by Gasteiger charge is 0.901. The molecule has 0 aliphatic heterocycles. The van der Waals surface area contributed by atoms with Crippen LogP contribution in [0.5, 0.6) is 0 Å². The summed E-state index contributed by atoms with van der Waals surface area (Å²) in [5.41, 5.74) is 0. The van der Waals surface area contributed by atoms with Gasteiger partial charge < -0.3 is 0 Å². The highest BCUT2D eigenvalue weighted by atomic mass is 35.5. The summed E-state index contributed by atoms with van der Waals surface area (Å²) in [6.45, 7) is 0. The predicted octanol–water partition coefficient (Wildman–Crippen LogP) is 0.398. The van der Waals surface area contributed by atoms with Crippen LogP contribution in [0.3, 0.4) is 0 Å². The van der Waals surface area contributed by atoms with E-state index in [1.54, 1.807) is 0 Å². The first-order valence-corrected chi connectivity index (χ1v) is 1.52. The van der Waals surface area contributed by atoms with Crippen LogP contribution in [0.1, 0.15) is 0 Å². The molecule has 0 fully saturated rings. The van der Waals surface area contributed by atoms with Crippen molar-refractivity contribution in [3.63, 3.8) is 0 Å². The predicted molar refractivity (Wildman–Crippen MR) is 24.2 cm³/mol. The standard InChI is InChI=1S/3ClHO/c3*1-2/h3*2H. The van der Waals surface area contributed by atoms with Gasteiger partial charge in [-0.2, -0.15) is 0 Å². The van der Waals surface area contributed by atoms with Gasteiger partial charge >= 0.3 is 0 Å². The highest BCUT2D eigenvalue weighted by Crippen LogP contribution is 1.32. The number of hydrogen-bond acceptors (Lipinski definition) is 3. The minimum absolute atomic E-state index is 3.64. The van der Waals surface area contributed by atoms with Crippen molar-refractivity contribution < 1.29 is 14.0 Å². The molecule has 6 heteroatoms. The zero-order valence-corrected chi connectivity index (χ0v) is 4.74. The molecule has 3 nitrogen and oxygen atoms in total. The molecule has 0 aromatic heterocycles. The van der Waals surface area contributed by atoms with Gasteiger partial charge in [0.05, 0.1) is 35.6 Å². The van der Waals surface area contributed by atoms with Gasteiger partial charge in [0.25, 0.3) is 0 Å². The fourth-order valence-corrected chi connectivity index (χ4v) is 0. The zero-order valence-electron chi connectivity index (χ0n) is 2.48. The lowest BCUT2D eigenvalue weighted by Gasteiger charge is -1.13. The molecule has 0 atom stereocenters. The summed E-state index contributed by atoms with van der Waals surface area (Å²) in [6, 6.07) is 0. The Bertz CT molecular complexity index is 6.00. The van der Waals surface area contributed by atoms with Crippen molar-refractivity contribution >= 4 is 35.6 Å². The molecule has 0 amide bonds. The molecular formula is H3Cl3O3. The summed E-state index contributed by atoms with van der Waals surface area (Å²) in [4.78, 5) is 0. The average molecular weight is 157 g/mol. The summed E-state index contributed by atoms with van der Waals surface area (Å²) in [7, 11) is 0. The lowest BCUT2D eigenvalue weighted by Crippen LogP contribution is -0.913. The zero-order chi connectivity index (χ0) is 6.00. The van der Waals surface area contributed by atoms with Gasteiger partial charge in [0.2, 0.25) is 0 Å². The molecule has 42 valence electrons. The van der Waals surface area contributed by atoms with Crippen LogP contribution < -0.4 is 0 Å². The van der Waals surface area contributed by atoms with Gasteiger partial charge in [-0.25, -0.2) is 0 Å². The normalized spacial score (nSPS) is 3.00. The first-order chi connectivity index (χ1) is 3.00. The van der Waals surface area contributed by atoms with E-state index in [9.17, 15) is 0 Å². The Labute approximate surface area is 50.2 Å². The van der Waals surface area contributed by atoms with E-state index in [2.05, 4.69) is 35.6 Å². The van der Waals surface area contributed by atoms with E-state index in [1.165, 1.54) is 0 Å². The van der Waals surface area contributed by atoms with Gasteiger partial charge in [0.15, 0.2) is 0 Å². The molecule has 0 saturated heterocycles. The summed E-state index contributed by atoms with van der Waals surface area (Å²) in [5, 5.41) is 0. The van der Waals surface area contributed by atoms with E-state index >= 15 is 0 Å². The monoisotopic (exact) mass is 156 g/mol.